The van der Waals surface area contributed by atoms with E-state index in [9.17, 15) is 9.59 Å². The van der Waals surface area contributed by atoms with Gasteiger partial charge >= 0.3 is 0 Å². The van der Waals surface area contributed by atoms with E-state index in [1.165, 1.54) is 6.33 Å². The van der Waals surface area contributed by atoms with Gasteiger partial charge in [-0.1, -0.05) is 11.6 Å². The Bertz CT molecular complexity index is 1400. The zero-order valence-electron chi connectivity index (χ0n) is 20.7. The molecule has 0 atom stereocenters. The summed E-state index contributed by atoms with van der Waals surface area (Å²) >= 11 is 6.23. The molecule has 2 fully saturated rings. The van der Waals surface area contributed by atoms with Crippen LogP contribution in [0.4, 0.5) is 11.4 Å². The number of nitrogens with zero attached hydrogens (tertiary/aromatic N) is 6. The van der Waals surface area contributed by atoms with Crippen molar-refractivity contribution in [2.75, 3.05) is 36.0 Å². The van der Waals surface area contributed by atoms with Gasteiger partial charge < -0.3 is 9.80 Å². The maximum Gasteiger partial charge on any atom is 0.259 e. The molecule has 0 saturated carbocycles. The highest BCUT2D eigenvalue weighted by atomic mass is 35.5. The number of halogens is 1. The molecule has 3 aromatic rings. The molecule has 0 aliphatic carbocycles. The van der Waals surface area contributed by atoms with Crippen molar-refractivity contribution in [1.82, 2.24) is 19.9 Å². The number of pyridine rings is 1. The Labute approximate surface area is 214 Å². The van der Waals surface area contributed by atoms with Gasteiger partial charge in [-0.25, -0.2) is 9.97 Å². The quantitative estimate of drug-likeness (QED) is 0.538. The van der Waals surface area contributed by atoms with Gasteiger partial charge in [0.05, 0.1) is 46.3 Å². The minimum absolute atomic E-state index is 0.00721. The zero-order chi connectivity index (χ0) is 25.4. The number of amides is 2. The average molecular weight is 503 g/mol. The van der Waals surface area contributed by atoms with Gasteiger partial charge in [0, 0.05) is 42.2 Å². The summed E-state index contributed by atoms with van der Waals surface area (Å²) in [6.45, 7) is 10.9. The van der Waals surface area contributed by atoms with Crippen molar-refractivity contribution in [3.63, 3.8) is 0 Å². The number of aryl methyl sites for hydroxylation is 2. The Hall–Kier alpha value is -3.52. The van der Waals surface area contributed by atoms with E-state index in [1.54, 1.807) is 23.2 Å². The van der Waals surface area contributed by atoms with Gasteiger partial charge in [0.1, 0.15) is 6.33 Å². The van der Waals surface area contributed by atoms with Crippen LogP contribution in [-0.4, -0.2) is 57.8 Å². The molecular formula is C27H27ClN6O2. The molecule has 1 aromatic carbocycles. The molecule has 2 saturated heterocycles. The Morgan fingerprint density at radius 1 is 0.972 bits per heavy atom. The number of benzene rings is 1. The summed E-state index contributed by atoms with van der Waals surface area (Å²) in [6, 6.07) is 7.46. The molecule has 2 amide bonds. The fourth-order valence-electron chi connectivity index (χ4n) is 5.97. The SMILES string of the molecule is Cc1ncnc(C)c1C(=O)N1CC2(C1)CN(c1cncc(N3C(=O)c4ccc(Cl)cc4C3(C)C)c1)C2. The molecule has 1 spiro atoms. The molecule has 3 aliphatic rings. The van der Waals surface area contributed by atoms with Gasteiger partial charge in [-0.15, -0.1) is 0 Å². The van der Waals surface area contributed by atoms with E-state index >= 15 is 0 Å². The van der Waals surface area contributed by atoms with Crippen LogP contribution in [-0.2, 0) is 5.54 Å². The van der Waals surface area contributed by atoms with Crippen LogP contribution in [0.3, 0.4) is 0 Å². The predicted octanol–water partition coefficient (Wildman–Crippen LogP) is 4.00. The lowest BCUT2D eigenvalue weighted by Gasteiger charge is -2.60. The molecule has 0 unspecified atom stereocenters. The molecule has 6 rings (SSSR count). The van der Waals surface area contributed by atoms with Crippen molar-refractivity contribution >= 4 is 34.8 Å². The largest absolute Gasteiger partial charge is 0.369 e. The standard InChI is InChI=1S/C27H27ClN6O2/c1-16-23(17(2)31-15-30-16)25(36)33-13-27(14-33)11-32(12-27)19-8-20(10-29-9-19)34-24(35)21-6-5-18(28)7-22(21)26(34,3)4/h5-10,15H,11-14H2,1-4H3. The topological polar surface area (TPSA) is 82.5 Å². The van der Waals surface area contributed by atoms with E-state index in [0.717, 1.165) is 54.5 Å². The number of rotatable bonds is 3. The Kier molecular flexibility index (Phi) is 4.92. The first-order valence-corrected chi connectivity index (χ1v) is 12.4. The van der Waals surface area contributed by atoms with Crippen molar-refractivity contribution in [3.05, 3.63) is 76.1 Å². The van der Waals surface area contributed by atoms with Crippen LogP contribution in [0.15, 0.2) is 43.0 Å². The van der Waals surface area contributed by atoms with Gasteiger partial charge in [0.2, 0.25) is 0 Å². The molecule has 5 heterocycles. The van der Waals surface area contributed by atoms with E-state index in [0.29, 0.717) is 16.1 Å². The average Bonchev–Trinajstić information content (AvgIpc) is 2.96. The zero-order valence-corrected chi connectivity index (χ0v) is 21.5. The molecule has 2 aromatic heterocycles. The third-order valence-corrected chi connectivity index (χ3v) is 8.03. The van der Waals surface area contributed by atoms with Crippen molar-refractivity contribution < 1.29 is 9.59 Å². The normalized spacial score (nSPS) is 19.2. The van der Waals surface area contributed by atoms with E-state index < -0.39 is 5.54 Å². The first-order valence-electron chi connectivity index (χ1n) is 12.0. The molecule has 3 aliphatic heterocycles. The lowest BCUT2D eigenvalue weighted by molar-refractivity contribution is -0.0106. The highest BCUT2D eigenvalue weighted by molar-refractivity contribution is 6.31. The summed E-state index contributed by atoms with van der Waals surface area (Å²) in [4.78, 5) is 45.1. The highest BCUT2D eigenvalue weighted by Crippen LogP contribution is 2.46. The Balaban J connectivity index is 1.16. The highest BCUT2D eigenvalue weighted by Gasteiger charge is 2.54. The molecule has 0 bridgehead atoms. The van der Waals surface area contributed by atoms with Crippen LogP contribution in [0.2, 0.25) is 5.02 Å². The van der Waals surface area contributed by atoms with Crippen LogP contribution in [0.25, 0.3) is 0 Å². The maximum absolute atomic E-state index is 13.3. The van der Waals surface area contributed by atoms with Crippen LogP contribution in [0.1, 0.15) is 51.5 Å². The van der Waals surface area contributed by atoms with E-state index in [1.807, 2.05) is 50.9 Å². The Morgan fingerprint density at radius 2 is 1.64 bits per heavy atom. The van der Waals surface area contributed by atoms with Gasteiger partial charge in [0.25, 0.3) is 11.8 Å². The monoisotopic (exact) mass is 502 g/mol. The molecule has 0 N–H and O–H groups in total. The molecular weight excluding hydrogens is 476 g/mol. The first-order chi connectivity index (χ1) is 17.1. The number of hydrogen-bond donors (Lipinski definition) is 0. The van der Waals surface area contributed by atoms with E-state index in [4.69, 9.17) is 11.6 Å². The number of aromatic nitrogens is 3. The smallest absolute Gasteiger partial charge is 0.259 e. The number of likely N-dealkylation sites (tertiary alicyclic amines) is 1. The third kappa shape index (κ3) is 3.31. The number of anilines is 2. The second-order valence-electron chi connectivity index (χ2n) is 10.7. The molecule has 184 valence electrons. The summed E-state index contributed by atoms with van der Waals surface area (Å²) in [6.07, 6.45) is 5.07. The minimum atomic E-state index is -0.542. The second-order valence-corrected chi connectivity index (χ2v) is 11.2. The van der Waals surface area contributed by atoms with Gasteiger partial charge in [-0.2, -0.15) is 0 Å². The molecule has 0 radical (unpaired) electrons. The fourth-order valence-corrected chi connectivity index (χ4v) is 6.14. The number of hydrogen-bond acceptors (Lipinski definition) is 6. The van der Waals surface area contributed by atoms with Gasteiger partial charge in [-0.3, -0.25) is 19.5 Å². The Morgan fingerprint density at radius 3 is 2.33 bits per heavy atom. The maximum atomic E-state index is 13.3. The molecule has 9 heteroatoms. The minimum Gasteiger partial charge on any atom is -0.369 e. The summed E-state index contributed by atoms with van der Waals surface area (Å²) in [7, 11) is 0. The predicted molar refractivity (Wildman–Crippen MR) is 138 cm³/mol. The lowest BCUT2D eigenvalue weighted by atomic mass is 9.72. The number of carbonyl (C=O) groups excluding carboxylic acids is 2. The summed E-state index contributed by atoms with van der Waals surface area (Å²) in [5, 5.41) is 0.618. The van der Waals surface area contributed by atoms with Crippen LogP contribution < -0.4 is 9.80 Å². The van der Waals surface area contributed by atoms with E-state index in [2.05, 4.69) is 19.9 Å². The van der Waals surface area contributed by atoms with Crippen molar-refractivity contribution in [1.29, 1.82) is 0 Å². The van der Waals surface area contributed by atoms with Gasteiger partial charge in [-0.05, 0) is 57.5 Å². The lowest BCUT2D eigenvalue weighted by Crippen LogP contribution is -2.73. The number of fused-ring (bicyclic) bond motifs is 1. The van der Waals surface area contributed by atoms with Crippen molar-refractivity contribution in [2.24, 2.45) is 5.41 Å². The van der Waals surface area contributed by atoms with E-state index in [-0.39, 0.29) is 17.2 Å². The number of carbonyl (C=O) groups is 2. The molecule has 36 heavy (non-hydrogen) atoms. The van der Waals surface area contributed by atoms with Crippen molar-refractivity contribution in [3.8, 4) is 0 Å². The van der Waals surface area contributed by atoms with Crippen LogP contribution in [0.5, 0.6) is 0 Å². The summed E-state index contributed by atoms with van der Waals surface area (Å²) < 4.78 is 0. The van der Waals surface area contributed by atoms with Crippen LogP contribution >= 0.6 is 11.6 Å². The summed E-state index contributed by atoms with van der Waals surface area (Å²) in [5.74, 6) is -0.0397. The fraction of sp³-hybridized carbons (Fsp3) is 0.370. The summed E-state index contributed by atoms with van der Waals surface area (Å²) in [5.41, 5.74) is 4.93. The van der Waals surface area contributed by atoms with Gasteiger partial charge in [0.15, 0.2) is 0 Å². The second kappa shape index (κ2) is 7.74. The van der Waals surface area contributed by atoms with Crippen LogP contribution in [0, 0.1) is 19.3 Å². The van der Waals surface area contributed by atoms with Crippen molar-refractivity contribution in [2.45, 2.75) is 33.2 Å². The third-order valence-electron chi connectivity index (χ3n) is 7.80. The first kappa shape index (κ1) is 22.9. The molecule has 8 nitrogen and oxygen atoms in total.